The van der Waals surface area contributed by atoms with Crippen LogP contribution in [0.5, 0.6) is 5.88 Å². The van der Waals surface area contributed by atoms with Gasteiger partial charge in [0, 0.05) is 18.4 Å². The van der Waals surface area contributed by atoms with Crippen molar-refractivity contribution in [1.82, 2.24) is 9.97 Å². The van der Waals surface area contributed by atoms with Gasteiger partial charge in [-0.3, -0.25) is 4.98 Å². The minimum atomic E-state index is 0.120. The molecule has 1 aromatic heterocycles. The average molecular weight is 316 g/mol. The summed E-state index contributed by atoms with van der Waals surface area (Å²) in [5.41, 5.74) is 0. The van der Waals surface area contributed by atoms with Crippen LogP contribution in [0.2, 0.25) is 0 Å². The maximum Gasteiger partial charge on any atom is 0.234 e. The summed E-state index contributed by atoms with van der Waals surface area (Å²) in [5, 5.41) is 0.924. The number of anilines is 1. The maximum atomic E-state index is 5.58. The summed E-state index contributed by atoms with van der Waals surface area (Å²) in [6.45, 7) is 8.10. The number of ether oxygens (including phenoxy) is 1. The SMILES string of the molecule is CCCCN(CCBr)c1cncc(OC(C)C)n1. The fraction of sp³-hybridized carbons (Fsp3) is 0.692. The fourth-order valence-corrected chi connectivity index (χ4v) is 2.01. The van der Waals surface area contributed by atoms with Crippen LogP contribution in [0, 0.1) is 0 Å². The van der Waals surface area contributed by atoms with Crippen molar-refractivity contribution in [2.45, 2.75) is 39.7 Å². The Morgan fingerprint density at radius 1 is 1.33 bits per heavy atom. The highest BCUT2D eigenvalue weighted by Crippen LogP contribution is 2.15. The van der Waals surface area contributed by atoms with Crippen LogP contribution in [-0.4, -0.2) is 34.5 Å². The summed E-state index contributed by atoms with van der Waals surface area (Å²) >= 11 is 3.48. The van der Waals surface area contributed by atoms with Crippen molar-refractivity contribution in [2.24, 2.45) is 0 Å². The fourth-order valence-electron chi connectivity index (χ4n) is 1.58. The van der Waals surface area contributed by atoms with Gasteiger partial charge in [-0.1, -0.05) is 29.3 Å². The Balaban J connectivity index is 2.76. The molecule has 0 amide bonds. The summed E-state index contributed by atoms with van der Waals surface area (Å²) in [6, 6.07) is 0. The zero-order chi connectivity index (χ0) is 13.4. The lowest BCUT2D eigenvalue weighted by Gasteiger charge is -2.22. The molecule has 0 N–H and O–H groups in total. The third-order valence-electron chi connectivity index (χ3n) is 2.42. The monoisotopic (exact) mass is 315 g/mol. The molecule has 0 spiro atoms. The molecule has 0 bridgehead atoms. The topological polar surface area (TPSA) is 38.2 Å². The molecule has 4 nitrogen and oxygen atoms in total. The zero-order valence-electron chi connectivity index (χ0n) is 11.4. The average Bonchev–Trinajstić information content (AvgIpc) is 2.34. The second-order valence-electron chi connectivity index (χ2n) is 4.41. The molecule has 0 saturated carbocycles. The summed E-state index contributed by atoms with van der Waals surface area (Å²) in [4.78, 5) is 10.9. The molecule has 0 atom stereocenters. The van der Waals surface area contributed by atoms with E-state index in [1.165, 1.54) is 6.42 Å². The minimum Gasteiger partial charge on any atom is -0.474 e. The number of aromatic nitrogens is 2. The normalized spacial score (nSPS) is 10.7. The first-order valence-electron chi connectivity index (χ1n) is 6.47. The summed E-state index contributed by atoms with van der Waals surface area (Å²) in [7, 11) is 0. The summed E-state index contributed by atoms with van der Waals surface area (Å²) < 4.78 is 5.58. The minimum absolute atomic E-state index is 0.120. The van der Waals surface area contributed by atoms with Crippen LogP contribution in [0.4, 0.5) is 5.82 Å². The largest absolute Gasteiger partial charge is 0.474 e. The van der Waals surface area contributed by atoms with Crippen LogP contribution < -0.4 is 9.64 Å². The van der Waals surface area contributed by atoms with E-state index in [2.05, 4.69) is 37.7 Å². The van der Waals surface area contributed by atoms with Crippen molar-refractivity contribution >= 4 is 21.7 Å². The molecular weight excluding hydrogens is 294 g/mol. The van der Waals surface area contributed by atoms with E-state index < -0.39 is 0 Å². The van der Waals surface area contributed by atoms with Crippen LogP contribution in [0.25, 0.3) is 0 Å². The van der Waals surface area contributed by atoms with E-state index >= 15 is 0 Å². The van der Waals surface area contributed by atoms with E-state index in [1.54, 1.807) is 12.4 Å². The molecule has 0 aliphatic rings. The van der Waals surface area contributed by atoms with Gasteiger partial charge in [0.15, 0.2) is 5.82 Å². The number of rotatable bonds is 8. The van der Waals surface area contributed by atoms with Crippen molar-refractivity contribution < 1.29 is 4.74 Å². The number of halogens is 1. The van der Waals surface area contributed by atoms with E-state index in [0.29, 0.717) is 5.88 Å². The lowest BCUT2D eigenvalue weighted by Crippen LogP contribution is -2.27. The van der Waals surface area contributed by atoms with Gasteiger partial charge in [0.1, 0.15) is 0 Å². The number of hydrogen-bond donors (Lipinski definition) is 0. The van der Waals surface area contributed by atoms with Crippen LogP contribution >= 0.6 is 15.9 Å². The summed E-state index contributed by atoms with van der Waals surface area (Å²) in [5.74, 6) is 1.49. The Morgan fingerprint density at radius 2 is 2.11 bits per heavy atom. The maximum absolute atomic E-state index is 5.58. The van der Waals surface area contributed by atoms with E-state index in [0.717, 1.165) is 30.7 Å². The van der Waals surface area contributed by atoms with Gasteiger partial charge in [0.25, 0.3) is 0 Å². The van der Waals surface area contributed by atoms with Crippen LogP contribution in [0.15, 0.2) is 12.4 Å². The van der Waals surface area contributed by atoms with Gasteiger partial charge in [-0.25, -0.2) is 0 Å². The number of unbranched alkanes of at least 4 members (excludes halogenated alkanes) is 1. The molecule has 0 radical (unpaired) electrons. The van der Waals surface area contributed by atoms with Crippen molar-refractivity contribution in [3.8, 4) is 5.88 Å². The van der Waals surface area contributed by atoms with E-state index in [-0.39, 0.29) is 6.10 Å². The van der Waals surface area contributed by atoms with Crippen molar-refractivity contribution in [3.63, 3.8) is 0 Å². The second-order valence-corrected chi connectivity index (χ2v) is 5.20. The Morgan fingerprint density at radius 3 is 2.72 bits per heavy atom. The van der Waals surface area contributed by atoms with Crippen molar-refractivity contribution in [3.05, 3.63) is 12.4 Å². The predicted molar refractivity (Wildman–Crippen MR) is 78.7 cm³/mol. The molecule has 0 aromatic carbocycles. The molecule has 5 heteroatoms. The zero-order valence-corrected chi connectivity index (χ0v) is 13.0. The van der Waals surface area contributed by atoms with Crippen molar-refractivity contribution in [2.75, 3.05) is 23.3 Å². The molecule has 0 aliphatic heterocycles. The van der Waals surface area contributed by atoms with Crippen LogP contribution in [-0.2, 0) is 0 Å². The van der Waals surface area contributed by atoms with Gasteiger partial charge < -0.3 is 9.64 Å². The third-order valence-corrected chi connectivity index (χ3v) is 2.77. The molecular formula is C13H22BrN3O. The predicted octanol–water partition coefficient (Wildman–Crippen LogP) is 3.27. The first kappa shape index (κ1) is 15.2. The molecule has 0 unspecified atom stereocenters. The van der Waals surface area contributed by atoms with Gasteiger partial charge in [0.05, 0.1) is 18.5 Å². The van der Waals surface area contributed by atoms with E-state index in [1.807, 2.05) is 13.8 Å². The first-order chi connectivity index (χ1) is 8.67. The highest BCUT2D eigenvalue weighted by molar-refractivity contribution is 9.09. The van der Waals surface area contributed by atoms with Crippen LogP contribution in [0.3, 0.4) is 0 Å². The summed E-state index contributed by atoms with van der Waals surface area (Å²) in [6.07, 6.45) is 5.91. The number of alkyl halides is 1. The highest BCUT2D eigenvalue weighted by Gasteiger charge is 2.09. The van der Waals surface area contributed by atoms with Gasteiger partial charge in [-0.05, 0) is 20.3 Å². The van der Waals surface area contributed by atoms with E-state index in [9.17, 15) is 0 Å². The third kappa shape index (κ3) is 5.21. The first-order valence-corrected chi connectivity index (χ1v) is 7.59. The molecule has 0 saturated heterocycles. The molecule has 0 fully saturated rings. The second kappa shape index (κ2) is 8.29. The number of hydrogen-bond acceptors (Lipinski definition) is 4. The highest BCUT2D eigenvalue weighted by atomic mass is 79.9. The molecule has 0 aliphatic carbocycles. The molecule has 1 rings (SSSR count). The molecule has 1 heterocycles. The van der Waals surface area contributed by atoms with Gasteiger partial charge in [-0.2, -0.15) is 4.98 Å². The van der Waals surface area contributed by atoms with E-state index in [4.69, 9.17) is 4.74 Å². The van der Waals surface area contributed by atoms with Crippen LogP contribution in [0.1, 0.15) is 33.6 Å². The van der Waals surface area contributed by atoms with Gasteiger partial charge in [0.2, 0.25) is 5.88 Å². The Kier molecular flexibility index (Phi) is 7.01. The lowest BCUT2D eigenvalue weighted by atomic mass is 10.3. The standard InChI is InChI=1S/C13H22BrN3O/c1-4-5-7-17(8-6-14)12-9-15-10-13(16-12)18-11(2)3/h9-11H,4-8H2,1-3H3. The van der Waals surface area contributed by atoms with Gasteiger partial charge in [-0.15, -0.1) is 0 Å². The molecule has 102 valence electrons. The quantitative estimate of drug-likeness (QED) is 0.690. The Labute approximate surface area is 118 Å². The lowest BCUT2D eigenvalue weighted by molar-refractivity contribution is 0.231. The smallest absolute Gasteiger partial charge is 0.234 e. The Bertz CT molecular complexity index is 347. The van der Waals surface area contributed by atoms with Gasteiger partial charge >= 0.3 is 0 Å². The molecule has 1 aromatic rings. The Hall–Kier alpha value is -0.840. The molecule has 18 heavy (non-hydrogen) atoms. The van der Waals surface area contributed by atoms with Crippen molar-refractivity contribution in [1.29, 1.82) is 0 Å². The number of nitrogens with zero attached hydrogens (tertiary/aromatic N) is 3.